The molecular formula is C28H24N8O2S. The Hall–Kier alpha value is -4.48. The summed E-state index contributed by atoms with van der Waals surface area (Å²) in [6, 6.07) is 11.4. The molecule has 7 rings (SSSR count). The maximum Gasteiger partial charge on any atom is 0.193 e. The molecule has 1 aliphatic heterocycles. The number of aromatic amines is 2. The molecule has 7 heterocycles. The van der Waals surface area contributed by atoms with E-state index in [9.17, 15) is 8.42 Å². The minimum atomic E-state index is -3.50. The molecule has 0 spiro atoms. The van der Waals surface area contributed by atoms with Crippen LogP contribution in [0.1, 0.15) is 12.8 Å². The molecule has 6 aromatic heterocycles. The van der Waals surface area contributed by atoms with Gasteiger partial charge in [0.15, 0.2) is 9.84 Å². The Bertz CT molecular complexity index is 1930. The fraction of sp³-hybridized carbons (Fsp3) is 0.179. The molecule has 0 aliphatic carbocycles. The van der Waals surface area contributed by atoms with Gasteiger partial charge in [0, 0.05) is 46.7 Å². The number of likely N-dealkylation sites (tertiary alicyclic amines) is 1. The Kier molecular flexibility index (Phi) is 5.67. The number of nitrogens with one attached hydrogen (secondary N) is 2. The standard InChI is InChI=1S/C28H24N8O2S/c37-39(38,17-36-7-3-4-8-36)19-9-18(12-29-13-19)24-11-21-27(16-32-24)34-35-28(21)25-10-20-22(14-30-15-26(20)33-25)23-5-1-2-6-31-23/h1-2,5-6,9-16,33H,3-4,7-8,17H2,(H,34,35). The van der Waals surface area contributed by atoms with Crippen LogP contribution in [-0.2, 0) is 9.84 Å². The normalized spacial score (nSPS) is 14.5. The van der Waals surface area contributed by atoms with Gasteiger partial charge in [0.2, 0.25) is 0 Å². The molecule has 0 saturated carbocycles. The van der Waals surface area contributed by atoms with Crippen LogP contribution in [0.3, 0.4) is 0 Å². The maximum absolute atomic E-state index is 13.1. The Labute approximate surface area is 224 Å². The van der Waals surface area contributed by atoms with Crippen LogP contribution in [0.2, 0.25) is 0 Å². The summed E-state index contributed by atoms with van der Waals surface area (Å²) in [5.74, 6) is 0.00616. The fourth-order valence-corrected chi connectivity index (χ4v) is 6.56. The molecule has 1 saturated heterocycles. The first-order valence-electron chi connectivity index (χ1n) is 12.7. The number of nitrogens with zero attached hydrogens (tertiary/aromatic N) is 6. The van der Waals surface area contributed by atoms with E-state index in [1.807, 2.05) is 41.4 Å². The third-order valence-electron chi connectivity index (χ3n) is 7.11. The average molecular weight is 537 g/mol. The van der Waals surface area contributed by atoms with E-state index in [1.165, 1.54) is 6.20 Å². The Morgan fingerprint density at radius 3 is 2.56 bits per heavy atom. The number of hydrogen-bond acceptors (Lipinski definition) is 8. The molecule has 39 heavy (non-hydrogen) atoms. The van der Waals surface area contributed by atoms with Gasteiger partial charge in [-0.3, -0.25) is 29.9 Å². The molecule has 194 valence electrons. The van der Waals surface area contributed by atoms with Gasteiger partial charge in [-0.15, -0.1) is 0 Å². The van der Waals surface area contributed by atoms with E-state index >= 15 is 0 Å². The maximum atomic E-state index is 13.1. The molecule has 0 atom stereocenters. The molecule has 2 N–H and O–H groups in total. The SMILES string of the molecule is O=S(=O)(CN1CCCC1)c1cncc(-c2cc3c(-c4cc5c(-c6ccccn6)cncc5[nH]4)n[nH]c3cn2)c1. The van der Waals surface area contributed by atoms with Crippen LogP contribution in [0.5, 0.6) is 0 Å². The van der Waals surface area contributed by atoms with E-state index in [1.54, 1.807) is 30.9 Å². The lowest BCUT2D eigenvalue weighted by Gasteiger charge is -2.15. The van der Waals surface area contributed by atoms with Crippen molar-refractivity contribution in [2.75, 3.05) is 19.0 Å². The van der Waals surface area contributed by atoms with E-state index in [0.29, 0.717) is 11.3 Å². The van der Waals surface area contributed by atoms with Gasteiger partial charge >= 0.3 is 0 Å². The van der Waals surface area contributed by atoms with Crippen molar-refractivity contribution in [3.8, 4) is 33.9 Å². The van der Waals surface area contributed by atoms with Crippen LogP contribution in [0.25, 0.3) is 55.7 Å². The van der Waals surface area contributed by atoms with Crippen LogP contribution in [-0.4, -0.2) is 67.4 Å². The summed E-state index contributed by atoms with van der Waals surface area (Å²) in [7, 11) is -3.50. The Balaban J connectivity index is 1.27. The summed E-state index contributed by atoms with van der Waals surface area (Å²) in [6.45, 7) is 1.61. The van der Waals surface area contributed by atoms with Crippen molar-refractivity contribution >= 4 is 31.6 Å². The monoisotopic (exact) mass is 536 g/mol. The van der Waals surface area contributed by atoms with E-state index in [-0.39, 0.29) is 10.8 Å². The van der Waals surface area contributed by atoms with Gasteiger partial charge in [0.05, 0.1) is 45.4 Å². The highest BCUT2D eigenvalue weighted by atomic mass is 32.2. The minimum Gasteiger partial charge on any atom is -0.352 e. The lowest BCUT2D eigenvalue weighted by Crippen LogP contribution is -2.27. The van der Waals surface area contributed by atoms with Crippen LogP contribution < -0.4 is 0 Å². The number of fused-ring (bicyclic) bond motifs is 2. The van der Waals surface area contributed by atoms with Gasteiger partial charge in [-0.2, -0.15) is 5.10 Å². The summed E-state index contributed by atoms with van der Waals surface area (Å²) in [5, 5.41) is 9.46. The van der Waals surface area contributed by atoms with E-state index in [4.69, 9.17) is 0 Å². The molecule has 6 aromatic rings. The average Bonchev–Trinajstić information content (AvgIpc) is 3.72. The van der Waals surface area contributed by atoms with E-state index in [2.05, 4.69) is 35.1 Å². The number of pyridine rings is 4. The summed E-state index contributed by atoms with van der Waals surface area (Å²) in [5.41, 5.74) is 6.19. The quantitative estimate of drug-likeness (QED) is 0.319. The molecule has 0 amide bonds. The molecule has 1 fully saturated rings. The zero-order chi connectivity index (χ0) is 26.4. The second kappa shape index (κ2) is 9.37. The lowest BCUT2D eigenvalue weighted by atomic mass is 10.1. The topological polar surface area (TPSA) is 133 Å². The minimum absolute atomic E-state index is 0.00616. The van der Waals surface area contributed by atoms with E-state index < -0.39 is 9.84 Å². The van der Waals surface area contributed by atoms with Crippen LogP contribution in [0.4, 0.5) is 0 Å². The zero-order valence-corrected chi connectivity index (χ0v) is 21.7. The first-order valence-corrected chi connectivity index (χ1v) is 14.3. The molecule has 0 bridgehead atoms. The molecule has 0 radical (unpaired) electrons. The Morgan fingerprint density at radius 1 is 0.846 bits per heavy atom. The first kappa shape index (κ1) is 23.6. The number of rotatable bonds is 6. The highest BCUT2D eigenvalue weighted by molar-refractivity contribution is 7.91. The van der Waals surface area contributed by atoms with Gasteiger partial charge in [0.25, 0.3) is 0 Å². The molecule has 0 aromatic carbocycles. The second-order valence-electron chi connectivity index (χ2n) is 9.71. The van der Waals surface area contributed by atoms with Crippen molar-refractivity contribution in [1.29, 1.82) is 0 Å². The molecular weight excluding hydrogens is 512 g/mol. The smallest absolute Gasteiger partial charge is 0.193 e. The molecule has 1 aliphatic rings. The van der Waals surface area contributed by atoms with Gasteiger partial charge in [-0.1, -0.05) is 6.07 Å². The summed E-state index contributed by atoms with van der Waals surface area (Å²) in [6.07, 6.45) is 12.2. The number of aromatic nitrogens is 7. The summed E-state index contributed by atoms with van der Waals surface area (Å²) < 4.78 is 26.1. The number of sulfone groups is 1. The van der Waals surface area contributed by atoms with Crippen LogP contribution in [0.15, 0.2) is 78.5 Å². The van der Waals surface area contributed by atoms with Crippen LogP contribution in [0, 0.1) is 0 Å². The molecule has 10 nitrogen and oxygen atoms in total. The van der Waals surface area contributed by atoms with Crippen molar-refractivity contribution < 1.29 is 8.42 Å². The third kappa shape index (κ3) is 4.35. The zero-order valence-electron chi connectivity index (χ0n) is 20.9. The van der Waals surface area contributed by atoms with Gasteiger partial charge in [-0.05, 0) is 56.3 Å². The number of hydrogen-bond donors (Lipinski definition) is 2. The van der Waals surface area contributed by atoms with E-state index in [0.717, 1.165) is 70.4 Å². The highest BCUT2D eigenvalue weighted by Gasteiger charge is 2.23. The van der Waals surface area contributed by atoms with Crippen LogP contribution >= 0.6 is 0 Å². The Morgan fingerprint density at radius 2 is 1.72 bits per heavy atom. The van der Waals surface area contributed by atoms with Crippen molar-refractivity contribution in [3.05, 3.63) is 73.6 Å². The highest BCUT2D eigenvalue weighted by Crippen LogP contribution is 2.34. The van der Waals surface area contributed by atoms with Gasteiger partial charge < -0.3 is 4.98 Å². The summed E-state index contributed by atoms with van der Waals surface area (Å²) in [4.78, 5) is 23.3. The number of H-pyrrole nitrogens is 2. The first-order chi connectivity index (χ1) is 19.0. The third-order valence-corrected chi connectivity index (χ3v) is 8.75. The lowest BCUT2D eigenvalue weighted by molar-refractivity contribution is 0.388. The van der Waals surface area contributed by atoms with Crippen molar-refractivity contribution in [2.45, 2.75) is 17.7 Å². The van der Waals surface area contributed by atoms with Crippen molar-refractivity contribution in [2.24, 2.45) is 0 Å². The predicted octanol–water partition coefficient (Wildman–Crippen LogP) is 4.45. The molecule has 0 unspecified atom stereocenters. The van der Waals surface area contributed by atoms with Crippen molar-refractivity contribution in [3.63, 3.8) is 0 Å². The largest absolute Gasteiger partial charge is 0.352 e. The van der Waals surface area contributed by atoms with Crippen molar-refractivity contribution in [1.82, 2.24) is 40.0 Å². The summed E-state index contributed by atoms with van der Waals surface area (Å²) >= 11 is 0. The van der Waals surface area contributed by atoms with Gasteiger partial charge in [0.1, 0.15) is 11.6 Å². The fourth-order valence-electron chi connectivity index (χ4n) is 5.14. The second-order valence-corrected chi connectivity index (χ2v) is 11.7. The predicted molar refractivity (Wildman–Crippen MR) is 148 cm³/mol. The van der Waals surface area contributed by atoms with Gasteiger partial charge in [-0.25, -0.2) is 8.42 Å². The molecule has 11 heteroatoms.